The molecule has 0 bridgehead atoms. The van der Waals surface area contributed by atoms with Gasteiger partial charge in [-0.25, -0.2) is 0 Å². The lowest BCUT2D eigenvalue weighted by Crippen LogP contribution is -2.25. The zero-order valence-electron chi connectivity index (χ0n) is 38.4. The second-order valence-electron chi connectivity index (χ2n) is 20.6. The first-order valence-electron chi connectivity index (χ1n) is 25.7. The molecule has 6 heteroatoms. The average Bonchev–Trinajstić information content (AvgIpc) is 3.25. The molecule has 0 saturated heterocycles. The van der Waals surface area contributed by atoms with Crippen molar-refractivity contribution in [3.05, 3.63) is 70.8 Å². The van der Waals surface area contributed by atoms with Gasteiger partial charge in [-0.3, -0.25) is 0 Å². The van der Waals surface area contributed by atoms with Gasteiger partial charge in [-0.15, -0.1) is 0 Å². The maximum atomic E-state index is 12.6. The van der Waals surface area contributed by atoms with E-state index in [1.165, 1.54) is 197 Å². The minimum atomic E-state index is -4.12. The van der Waals surface area contributed by atoms with Gasteiger partial charge < -0.3 is 0 Å². The number of hydrogen-bond donors (Lipinski definition) is 0. The van der Waals surface area contributed by atoms with Gasteiger partial charge in [-0.1, -0.05) is 172 Å². The summed E-state index contributed by atoms with van der Waals surface area (Å²) in [7, 11) is 0. The molecule has 0 aliphatic heterocycles. The van der Waals surface area contributed by atoms with Crippen molar-refractivity contribution in [1.82, 2.24) is 0 Å². The molecule has 61 heavy (non-hydrogen) atoms. The summed E-state index contributed by atoms with van der Waals surface area (Å²) in [6.45, 7) is 4.56. The third-order valence-electron chi connectivity index (χ3n) is 16.1. The summed E-state index contributed by atoms with van der Waals surface area (Å²) in [5.74, 6) is 6.67. The highest BCUT2D eigenvalue weighted by Gasteiger charge is 2.34. The summed E-state index contributed by atoms with van der Waals surface area (Å²) in [5.41, 5.74) is 3.24. The number of halogens is 6. The molecule has 0 heterocycles. The van der Waals surface area contributed by atoms with Crippen molar-refractivity contribution in [2.45, 2.75) is 237 Å². The van der Waals surface area contributed by atoms with Crippen molar-refractivity contribution in [3.63, 3.8) is 0 Å². The molecule has 0 radical (unpaired) electrons. The molecule has 0 atom stereocenters. The third kappa shape index (κ3) is 18.6. The molecule has 2 aromatic rings. The van der Waals surface area contributed by atoms with E-state index in [0.717, 1.165) is 35.5 Å². The molecule has 0 nitrogen and oxygen atoms in total. The van der Waals surface area contributed by atoms with E-state index >= 15 is 0 Å². The highest BCUT2D eigenvalue weighted by atomic mass is 19.4. The minimum Gasteiger partial charge on any atom is -0.171 e. The van der Waals surface area contributed by atoms with Crippen molar-refractivity contribution in [2.75, 3.05) is 0 Å². The van der Waals surface area contributed by atoms with Gasteiger partial charge in [0.25, 0.3) is 0 Å². The maximum absolute atomic E-state index is 12.6. The van der Waals surface area contributed by atoms with Gasteiger partial charge in [-0.05, 0) is 147 Å². The van der Waals surface area contributed by atoms with Crippen LogP contribution in [0, 0.1) is 35.5 Å². The van der Waals surface area contributed by atoms with Gasteiger partial charge in [0, 0.05) is 0 Å². The van der Waals surface area contributed by atoms with Gasteiger partial charge >= 0.3 is 12.4 Å². The second-order valence-corrected chi connectivity index (χ2v) is 20.6. The Morgan fingerprint density at radius 1 is 0.361 bits per heavy atom. The Labute approximate surface area is 368 Å². The average molecular weight is 859 g/mol. The normalized spacial score (nSPS) is 27.6. The van der Waals surface area contributed by atoms with Gasteiger partial charge in [0.1, 0.15) is 0 Å². The molecule has 6 rings (SSSR count). The monoisotopic (exact) mass is 859 g/mol. The summed E-state index contributed by atoms with van der Waals surface area (Å²) >= 11 is 0. The van der Waals surface area contributed by atoms with E-state index in [2.05, 4.69) is 13.8 Å². The fourth-order valence-corrected chi connectivity index (χ4v) is 12.3. The molecule has 4 aliphatic rings. The van der Waals surface area contributed by atoms with E-state index in [1.807, 2.05) is 24.3 Å². The molecular formula is C55H84F6. The zero-order valence-corrected chi connectivity index (χ0v) is 38.4. The Hall–Kier alpha value is -1.98. The minimum absolute atomic E-state index is 0.377. The number of unbranched alkanes of at least 4 members (excludes halogenated alkanes) is 9. The Bertz CT molecular complexity index is 1410. The van der Waals surface area contributed by atoms with Gasteiger partial charge in [0.15, 0.2) is 0 Å². The van der Waals surface area contributed by atoms with Crippen LogP contribution in [0.2, 0.25) is 0 Å². The Morgan fingerprint density at radius 2 is 0.639 bits per heavy atom. The predicted octanol–water partition coefficient (Wildman–Crippen LogP) is 18.9. The molecule has 0 unspecified atom stereocenters. The standard InChI is InChI=1S/C28H43F3.C27H41F3/c1-2-3-4-5-6-7-8-22-9-13-24(14-10-22)26-17-19-27(20-18-26)25-15-11-23(12-16-25)21-28(29,30)31;1-2-3-4-5-6-7-21-8-12-23(13-9-21)25-16-18-26(19-17-25)24-14-10-22(11-15-24)20-27(28,29)30/h11-12,15-16,22,24,26-27H,2-10,13-14,17-21H2,1H3;10-11,14-15,21,23,25-26H,2-9,12-13,16-20H2,1H3/t22-,24-,26-,27-;21-,23-,25-,26-. The predicted molar refractivity (Wildman–Crippen MR) is 244 cm³/mol. The maximum Gasteiger partial charge on any atom is 0.393 e. The highest BCUT2D eigenvalue weighted by molar-refractivity contribution is 5.27. The first-order chi connectivity index (χ1) is 29.4. The van der Waals surface area contributed by atoms with Crippen molar-refractivity contribution < 1.29 is 26.3 Å². The molecule has 0 spiro atoms. The molecule has 0 amide bonds. The lowest BCUT2D eigenvalue weighted by Gasteiger charge is -2.38. The van der Waals surface area contributed by atoms with E-state index in [0.29, 0.717) is 23.0 Å². The van der Waals surface area contributed by atoms with Crippen LogP contribution < -0.4 is 0 Å². The molecular weight excluding hydrogens is 775 g/mol. The van der Waals surface area contributed by atoms with Crippen LogP contribution in [0.4, 0.5) is 26.3 Å². The van der Waals surface area contributed by atoms with E-state index in [1.54, 1.807) is 24.3 Å². The number of rotatable bonds is 19. The van der Waals surface area contributed by atoms with E-state index in [-0.39, 0.29) is 0 Å². The van der Waals surface area contributed by atoms with Crippen LogP contribution in [0.25, 0.3) is 0 Å². The van der Waals surface area contributed by atoms with Crippen LogP contribution in [-0.4, -0.2) is 12.4 Å². The van der Waals surface area contributed by atoms with Crippen LogP contribution in [0.5, 0.6) is 0 Å². The van der Waals surface area contributed by atoms with Crippen LogP contribution in [0.15, 0.2) is 48.5 Å². The van der Waals surface area contributed by atoms with Gasteiger partial charge in [0.2, 0.25) is 0 Å². The van der Waals surface area contributed by atoms with Crippen molar-refractivity contribution in [1.29, 1.82) is 0 Å². The van der Waals surface area contributed by atoms with Crippen molar-refractivity contribution >= 4 is 0 Å². The second kappa shape index (κ2) is 26.1. The van der Waals surface area contributed by atoms with Gasteiger partial charge in [0.05, 0.1) is 12.8 Å². The summed E-state index contributed by atoms with van der Waals surface area (Å²) in [5, 5.41) is 0. The first-order valence-corrected chi connectivity index (χ1v) is 25.7. The SMILES string of the molecule is CCCCCCCC[C@H]1CC[C@H]([C@H]2CC[C@H](c3ccc(CC(F)(F)F)cc3)CC2)CC1.CCCCCCC[C@H]1CC[C@H]([C@H]2CC[C@H](c3ccc(CC(F)(F)F)cc3)CC2)CC1. The number of benzene rings is 2. The van der Waals surface area contributed by atoms with Crippen LogP contribution in [-0.2, 0) is 12.8 Å². The van der Waals surface area contributed by atoms with E-state index in [4.69, 9.17) is 0 Å². The molecule has 4 fully saturated rings. The molecule has 346 valence electrons. The Morgan fingerprint density at radius 3 is 0.934 bits per heavy atom. The van der Waals surface area contributed by atoms with E-state index in [9.17, 15) is 26.3 Å². The number of hydrogen-bond acceptors (Lipinski definition) is 0. The fraction of sp³-hybridized carbons (Fsp3) is 0.782. The van der Waals surface area contributed by atoms with Crippen LogP contribution >= 0.6 is 0 Å². The van der Waals surface area contributed by atoms with Crippen molar-refractivity contribution in [3.8, 4) is 0 Å². The third-order valence-corrected chi connectivity index (χ3v) is 16.1. The van der Waals surface area contributed by atoms with Crippen molar-refractivity contribution in [2.24, 2.45) is 35.5 Å². The summed E-state index contributed by atoms with van der Waals surface area (Å²) < 4.78 is 75.3. The molecule has 4 aliphatic carbocycles. The highest BCUT2D eigenvalue weighted by Crippen LogP contribution is 2.46. The fourth-order valence-electron chi connectivity index (χ4n) is 12.3. The quantitative estimate of drug-likeness (QED) is 0.0975. The summed E-state index contributed by atoms with van der Waals surface area (Å²) in [6, 6.07) is 14.5. The molecule has 0 N–H and O–H groups in total. The molecule has 2 aromatic carbocycles. The largest absolute Gasteiger partial charge is 0.393 e. The summed E-state index contributed by atoms with van der Waals surface area (Å²) in [4.78, 5) is 0. The lowest BCUT2D eigenvalue weighted by molar-refractivity contribution is -0.128. The van der Waals surface area contributed by atoms with Crippen LogP contribution in [0.3, 0.4) is 0 Å². The lowest BCUT2D eigenvalue weighted by atomic mass is 9.68. The summed E-state index contributed by atoms with van der Waals surface area (Å²) in [6.07, 6.45) is 30.1. The Kier molecular flexibility index (Phi) is 21.4. The van der Waals surface area contributed by atoms with E-state index < -0.39 is 25.2 Å². The van der Waals surface area contributed by atoms with Crippen LogP contribution in [0.1, 0.15) is 234 Å². The molecule has 0 aromatic heterocycles. The van der Waals surface area contributed by atoms with Gasteiger partial charge in [-0.2, -0.15) is 26.3 Å². The molecule has 4 saturated carbocycles. The Balaban J connectivity index is 0.000000231. The number of alkyl halides is 6. The smallest absolute Gasteiger partial charge is 0.171 e. The first kappa shape index (κ1) is 50.0. The topological polar surface area (TPSA) is 0 Å². The zero-order chi connectivity index (χ0) is 43.5.